The van der Waals surface area contributed by atoms with Gasteiger partial charge in [-0.1, -0.05) is 25.1 Å². The Morgan fingerprint density at radius 1 is 1.30 bits per heavy atom. The molecule has 2 heterocycles. The molecule has 2 N–H and O–H groups in total. The molecule has 0 spiro atoms. The average Bonchev–Trinajstić information content (AvgIpc) is 3.10. The molecule has 1 fully saturated rings. The van der Waals surface area contributed by atoms with E-state index < -0.39 is 0 Å². The number of benzene rings is 1. The van der Waals surface area contributed by atoms with Gasteiger partial charge in [0.05, 0.1) is 6.54 Å². The molecular formula is C21H28N4O2. The Morgan fingerprint density at radius 3 is 2.70 bits per heavy atom. The second-order valence-electron chi connectivity index (χ2n) is 7.36. The summed E-state index contributed by atoms with van der Waals surface area (Å²) in [5.41, 5.74) is 6.38. The molecule has 1 aliphatic rings. The molecular weight excluding hydrogens is 340 g/mol. The second-order valence-corrected chi connectivity index (χ2v) is 7.36. The van der Waals surface area contributed by atoms with E-state index in [2.05, 4.69) is 4.90 Å². The predicted molar refractivity (Wildman–Crippen MR) is 108 cm³/mol. The van der Waals surface area contributed by atoms with Gasteiger partial charge in [-0.3, -0.25) is 4.79 Å². The van der Waals surface area contributed by atoms with Crippen LogP contribution in [-0.2, 0) is 4.79 Å². The largest absolute Gasteiger partial charge is 0.489 e. The van der Waals surface area contributed by atoms with Crippen LogP contribution in [0.25, 0.3) is 0 Å². The van der Waals surface area contributed by atoms with Gasteiger partial charge in [-0.15, -0.1) is 0 Å². The fourth-order valence-corrected chi connectivity index (χ4v) is 3.36. The van der Waals surface area contributed by atoms with Gasteiger partial charge in [-0.2, -0.15) is 0 Å². The number of primary amides is 1. The molecule has 2 atom stereocenters. The first-order chi connectivity index (χ1) is 12.9. The number of carbonyl (C=O) groups is 1. The van der Waals surface area contributed by atoms with Crippen molar-refractivity contribution in [3.63, 3.8) is 0 Å². The molecule has 1 saturated heterocycles. The number of rotatable bonds is 7. The maximum absolute atomic E-state index is 11.1. The summed E-state index contributed by atoms with van der Waals surface area (Å²) in [6.45, 7) is 3.76. The lowest BCUT2D eigenvalue weighted by Crippen LogP contribution is -2.25. The summed E-state index contributed by atoms with van der Waals surface area (Å²) in [6, 6.07) is 14.1. The van der Waals surface area contributed by atoms with Crippen molar-refractivity contribution in [1.82, 2.24) is 4.98 Å². The molecule has 1 aromatic carbocycles. The molecule has 2 aromatic rings. The van der Waals surface area contributed by atoms with Gasteiger partial charge in [-0.05, 0) is 35.7 Å². The van der Waals surface area contributed by atoms with Gasteiger partial charge in [-0.25, -0.2) is 4.98 Å². The monoisotopic (exact) mass is 368 g/mol. The van der Waals surface area contributed by atoms with E-state index in [0.29, 0.717) is 6.42 Å². The van der Waals surface area contributed by atoms with Gasteiger partial charge in [0.25, 0.3) is 0 Å². The van der Waals surface area contributed by atoms with Crippen LogP contribution >= 0.6 is 0 Å². The molecule has 144 valence electrons. The molecule has 0 aliphatic carbocycles. The Bertz CT molecular complexity index is 776. The zero-order valence-electron chi connectivity index (χ0n) is 16.3. The third kappa shape index (κ3) is 4.90. The van der Waals surface area contributed by atoms with Gasteiger partial charge in [0.1, 0.15) is 23.5 Å². The van der Waals surface area contributed by atoms with Gasteiger partial charge in [0, 0.05) is 33.5 Å². The summed E-state index contributed by atoms with van der Waals surface area (Å²) < 4.78 is 6.15. The number of pyridine rings is 1. The lowest BCUT2D eigenvalue weighted by molar-refractivity contribution is -0.118. The summed E-state index contributed by atoms with van der Waals surface area (Å²) in [7, 11) is 3.99. The number of nitrogens with two attached hydrogens (primary N) is 1. The summed E-state index contributed by atoms with van der Waals surface area (Å²) in [5, 5.41) is 0. The minimum atomic E-state index is -0.277. The highest BCUT2D eigenvalue weighted by atomic mass is 16.5. The molecule has 1 aliphatic heterocycles. The number of hydrogen-bond donors (Lipinski definition) is 1. The highest BCUT2D eigenvalue weighted by Gasteiger charge is 2.25. The van der Waals surface area contributed by atoms with E-state index in [9.17, 15) is 4.79 Å². The van der Waals surface area contributed by atoms with Gasteiger partial charge < -0.3 is 20.3 Å². The van der Waals surface area contributed by atoms with Crippen molar-refractivity contribution < 1.29 is 9.53 Å². The third-order valence-corrected chi connectivity index (χ3v) is 4.91. The molecule has 6 heteroatoms. The van der Waals surface area contributed by atoms with Gasteiger partial charge in [0.15, 0.2) is 0 Å². The predicted octanol–water partition coefficient (Wildman–Crippen LogP) is 2.78. The highest BCUT2D eigenvalue weighted by Crippen LogP contribution is 2.26. The van der Waals surface area contributed by atoms with E-state index in [1.807, 2.05) is 68.4 Å². The smallest absolute Gasteiger partial charge is 0.218 e. The van der Waals surface area contributed by atoms with Crippen LogP contribution in [0.1, 0.15) is 31.2 Å². The van der Waals surface area contributed by atoms with Crippen molar-refractivity contribution in [3.05, 3.63) is 48.0 Å². The normalized spacial score (nSPS) is 17.6. The minimum Gasteiger partial charge on any atom is -0.489 e. The summed E-state index contributed by atoms with van der Waals surface area (Å²) in [4.78, 5) is 20.1. The van der Waals surface area contributed by atoms with Crippen LogP contribution < -0.4 is 20.3 Å². The maximum atomic E-state index is 11.1. The Balaban J connectivity index is 1.58. The van der Waals surface area contributed by atoms with Crippen LogP contribution in [-0.4, -0.2) is 44.2 Å². The summed E-state index contributed by atoms with van der Waals surface area (Å²) >= 11 is 0. The Kier molecular flexibility index (Phi) is 5.84. The van der Waals surface area contributed by atoms with Gasteiger partial charge >= 0.3 is 0 Å². The Hall–Kier alpha value is -2.76. The zero-order chi connectivity index (χ0) is 19.4. The van der Waals surface area contributed by atoms with Crippen LogP contribution in [0.5, 0.6) is 5.75 Å². The molecule has 3 rings (SSSR count). The van der Waals surface area contributed by atoms with Gasteiger partial charge in [0.2, 0.25) is 5.91 Å². The van der Waals surface area contributed by atoms with Crippen LogP contribution in [0.4, 0.5) is 11.6 Å². The number of nitrogens with zero attached hydrogens (tertiary/aromatic N) is 3. The molecule has 0 radical (unpaired) electrons. The summed E-state index contributed by atoms with van der Waals surface area (Å²) in [6.07, 6.45) is 1.47. The third-order valence-electron chi connectivity index (χ3n) is 4.91. The average molecular weight is 368 g/mol. The number of aromatic nitrogens is 1. The maximum Gasteiger partial charge on any atom is 0.218 e. The number of carbonyl (C=O) groups excluding carboxylic acids is 1. The molecule has 1 amide bonds. The summed E-state index contributed by atoms with van der Waals surface area (Å²) in [5.74, 6) is 2.64. The van der Waals surface area contributed by atoms with Crippen LogP contribution in [0.3, 0.4) is 0 Å². The van der Waals surface area contributed by atoms with Crippen molar-refractivity contribution in [1.29, 1.82) is 0 Å². The fraction of sp³-hybridized carbons (Fsp3) is 0.429. The number of amides is 1. The van der Waals surface area contributed by atoms with E-state index in [0.717, 1.165) is 42.5 Å². The topological polar surface area (TPSA) is 71.7 Å². The van der Waals surface area contributed by atoms with Crippen molar-refractivity contribution in [2.45, 2.75) is 31.8 Å². The second kappa shape index (κ2) is 8.29. The highest BCUT2D eigenvalue weighted by molar-refractivity contribution is 5.74. The van der Waals surface area contributed by atoms with Crippen LogP contribution in [0.2, 0.25) is 0 Å². The lowest BCUT2D eigenvalue weighted by Gasteiger charge is -2.20. The molecule has 0 unspecified atom stereocenters. The Labute approximate surface area is 160 Å². The van der Waals surface area contributed by atoms with E-state index >= 15 is 0 Å². The molecule has 0 bridgehead atoms. The fourth-order valence-electron chi connectivity index (χ4n) is 3.36. The quantitative estimate of drug-likeness (QED) is 0.814. The van der Waals surface area contributed by atoms with E-state index in [4.69, 9.17) is 15.5 Å². The van der Waals surface area contributed by atoms with Crippen LogP contribution in [0.15, 0.2) is 42.5 Å². The Morgan fingerprint density at radius 2 is 2.04 bits per heavy atom. The molecule has 27 heavy (non-hydrogen) atoms. The first-order valence-corrected chi connectivity index (χ1v) is 9.36. The first kappa shape index (κ1) is 19.0. The lowest BCUT2D eigenvalue weighted by atomic mass is 9.97. The van der Waals surface area contributed by atoms with E-state index in [-0.39, 0.29) is 17.9 Å². The van der Waals surface area contributed by atoms with E-state index in [1.165, 1.54) is 0 Å². The van der Waals surface area contributed by atoms with E-state index in [1.54, 1.807) is 0 Å². The molecule has 1 aromatic heterocycles. The van der Waals surface area contributed by atoms with Crippen molar-refractivity contribution in [2.75, 3.05) is 37.0 Å². The first-order valence-electron chi connectivity index (χ1n) is 9.36. The SMILES string of the molecule is C[C@@H](CC(N)=O)c1ccc(O[C@@H]2CCN(c3cccc(N(C)C)n3)C2)cc1. The van der Waals surface area contributed by atoms with Crippen LogP contribution in [0, 0.1) is 0 Å². The molecule has 6 nitrogen and oxygen atoms in total. The zero-order valence-corrected chi connectivity index (χ0v) is 16.3. The standard InChI is InChI=1S/C21H28N4O2/c1-15(13-19(22)26)16-7-9-17(10-8-16)27-18-11-12-25(14-18)21-6-4-5-20(23-21)24(2)3/h4-10,15,18H,11-14H2,1-3H3,(H2,22,26)/t15-,18+/m0/s1. The van der Waals surface area contributed by atoms with Crippen molar-refractivity contribution >= 4 is 17.5 Å². The van der Waals surface area contributed by atoms with Crippen molar-refractivity contribution in [2.24, 2.45) is 5.73 Å². The number of hydrogen-bond acceptors (Lipinski definition) is 5. The number of ether oxygens (including phenoxy) is 1. The minimum absolute atomic E-state index is 0.119. The van der Waals surface area contributed by atoms with Crippen molar-refractivity contribution in [3.8, 4) is 5.75 Å². The molecule has 0 saturated carbocycles. The number of anilines is 2.